The lowest BCUT2D eigenvalue weighted by Gasteiger charge is -2.14. The van der Waals surface area contributed by atoms with Crippen LogP contribution in [-0.4, -0.2) is 15.0 Å². The molecule has 32 heavy (non-hydrogen) atoms. The number of aromatic nitrogens is 3. The highest BCUT2D eigenvalue weighted by Gasteiger charge is 2.33. The predicted molar refractivity (Wildman–Crippen MR) is 108 cm³/mol. The summed E-state index contributed by atoms with van der Waals surface area (Å²) in [5.74, 6) is 0.212. The number of halogens is 7. The van der Waals surface area contributed by atoms with Gasteiger partial charge in [-0.05, 0) is 53.1 Å². The predicted octanol–water partition coefficient (Wildman–Crippen LogP) is 7.13. The lowest BCUT2D eigenvalue weighted by atomic mass is 9.98. The first-order valence-electron chi connectivity index (χ1n) is 8.96. The molecule has 0 spiro atoms. The van der Waals surface area contributed by atoms with Gasteiger partial charge < -0.3 is 5.32 Å². The van der Waals surface area contributed by atoms with Gasteiger partial charge in [0.25, 0.3) is 0 Å². The molecule has 0 radical (unpaired) electrons. The van der Waals surface area contributed by atoms with Crippen molar-refractivity contribution in [1.29, 1.82) is 0 Å². The number of anilines is 2. The van der Waals surface area contributed by atoms with E-state index in [9.17, 15) is 26.3 Å². The Morgan fingerprint density at radius 1 is 0.812 bits per heavy atom. The standard InChI is InChI=1S/C21H11ClF6N4/c22-19-30-16-9-11(13-3-1-2-4-15(13)21(26,27)28)5-7-14(16)18(32-19)31-17-8-6-12(10-29-17)20(23,24)25/h1-10H,(H,29,30,31,32). The van der Waals surface area contributed by atoms with E-state index in [1.54, 1.807) is 0 Å². The van der Waals surface area contributed by atoms with Crippen LogP contribution in [-0.2, 0) is 12.4 Å². The van der Waals surface area contributed by atoms with Crippen LogP contribution in [0.3, 0.4) is 0 Å². The molecule has 0 fully saturated rings. The Morgan fingerprint density at radius 3 is 2.22 bits per heavy atom. The molecule has 164 valence electrons. The molecular formula is C21H11ClF6N4. The molecule has 4 aromatic rings. The number of nitrogens with zero attached hydrogens (tertiary/aromatic N) is 3. The van der Waals surface area contributed by atoms with Gasteiger partial charge in [-0.2, -0.15) is 31.3 Å². The van der Waals surface area contributed by atoms with Crippen LogP contribution in [0, 0.1) is 0 Å². The Bertz CT molecular complexity index is 1290. The van der Waals surface area contributed by atoms with E-state index < -0.39 is 23.5 Å². The monoisotopic (exact) mass is 468 g/mol. The molecule has 0 bridgehead atoms. The maximum atomic E-state index is 13.4. The fourth-order valence-electron chi connectivity index (χ4n) is 3.10. The van der Waals surface area contributed by atoms with Crippen molar-refractivity contribution in [2.45, 2.75) is 12.4 Å². The van der Waals surface area contributed by atoms with Gasteiger partial charge in [-0.1, -0.05) is 24.3 Å². The van der Waals surface area contributed by atoms with Crippen LogP contribution in [0.2, 0.25) is 5.28 Å². The van der Waals surface area contributed by atoms with Crippen molar-refractivity contribution in [3.63, 3.8) is 0 Å². The van der Waals surface area contributed by atoms with Gasteiger partial charge in [0.1, 0.15) is 11.6 Å². The average molecular weight is 469 g/mol. The number of fused-ring (bicyclic) bond motifs is 1. The second-order valence-corrected chi connectivity index (χ2v) is 7.01. The highest BCUT2D eigenvalue weighted by Crippen LogP contribution is 2.38. The van der Waals surface area contributed by atoms with E-state index in [4.69, 9.17) is 11.6 Å². The molecular weight excluding hydrogens is 458 g/mol. The SMILES string of the molecule is FC(F)(F)c1ccc(Nc2nc(Cl)nc3cc(-c4ccccc4C(F)(F)F)ccc23)nc1. The summed E-state index contributed by atoms with van der Waals surface area (Å²) in [5.41, 5.74) is -1.24. The molecule has 0 saturated carbocycles. The number of hydrogen-bond acceptors (Lipinski definition) is 4. The average Bonchev–Trinajstić information content (AvgIpc) is 2.72. The second kappa shape index (κ2) is 7.94. The van der Waals surface area contributed by atoms with E-state index in [-0.39, 0.29) is 33.6 Å². The zero-order chi connectivity index (χ0) is 23.1. The van der Waals surface area contributed by atoms with E-state index >= 15 is 0 Å². The minimum atomic E-state index is -4.55. The van der Waals surface area contributed by atoms with Crippen molar-refractivity contribution in [3.05, 3.63) is 77.2 Å². The summed E-state index contributed by atoms with van der Waals surface area (Å²) >= 11 is 5.97. The smallest absolute Gasteiger partial charge is 0.324 e. The molecule has 2 aromatic heterocycles. The molecule has 4 rings (SSSR count). The molecule has 11 heteroatoms. The Morgan fingerprint density at radius 2 is 1.56 bits per heavy atom. The number of rotatable bonds is 3. The first-order valence-corrected chi connectivity index (χ1v) is 9.34. The first kappa shape index (κ1) is 21.8. The highest BCUT2D eigenvalue weighted by atomic mass is 35.5. The Hall–Kier alpha value is -3.40. The van der Waals surface area contributed by atoms with E-state index in [0.717, 1.165) is 18.2 Å². The lowest BCUT2D eigenvalue weighted by molar-refractivity contribution is -0.138. The van der Waals surface area contributed by atoms with Crippen molar-refractivity contribution in [2.24, 2.45) is 0 Å². The maximum Gasteiger partial charge on any atom is 0.417 e. The fourth-order valence-corrected chi connectivity index (χ4v) is 3.28. The number of nitrogens with one attached hydrogen (secondary N) is 1. The summed E-state index contributed by atoms with van der Waals surface area (Å²) in [5, 5.41) is 2.96. The summed E-state index contributed by atoms with van der Waals surface area (Å²) < 4.78 is 78.3. The number of benzene rings is 2. The number of pyridine rings is 1. The number of alkyl halides is 6. The van der Waals surface area contributed by atoms with Crippen LogP contribution >= 0.6 is 11.6 Å². The fraction of sp³-hybridized carbons (Fsp3) is 0.0952. The molecule has 0 unspecified atom stereocenters. The Kier molecular flexibility index (Phi) is 5.41. The van der Waals surface area contributed by atoms with Gasteiger partial charge in [-0.15, -0.1) is 0 Å². The minimum absolute atomic E-state index is 0.0319. The quantitative estimate of drug-likeness (QED) is 0.257. The van der Waals surface area contributed by atoms with Gasteiger partial charge in [0.05, 0.1) is 16.6 Å². The van der Waals surface area contributed by atoms with Gasteiger partial charge >= 0.3 is 12.4 Å². The van der Waals surface area contributed by atoms with Gasteiger partial charge in [0.15, 0.2) is 0 Å². The normalized spacial score (nSPS) is 12.2. The van der Waals surface area contributed by atoms with Crippen LogP contribution in [0.25, 0.3) is 22.0 Å². The van der Waals surface area contributed by atoms with Crippen molar-refractivity contribution in [3.8, 4) is 11.1 Å². The molecule has 2 heterocycles. The highest BCUT2D eigenvalue weighted by molar-refractivity contribution is 6.28. The van der Waals surface area contributed by atoms with Crippen LogP contribution in [0.1, 0.15) is 11.1 Å². The summed E-state index contributed by atoms with van der Waals surface area (Å²) in [4.78, 5) is 11.8. The Labute approximate surface area is 181 Å². The molecule has 0 amide bonds. The molecule has 0 aliphatic rings. The molecule has 0 aliphatic carbocycles. The number of hydrogen-bond donors (Lipinski definition) is 1. The molecule has 2 aromatic carbocycles. The van der Waals surface area contributed by atoms with Crippen LogP contribution in [0.4, 0.5) is 38.0 Å². The van der Waals surface area contributed by atoms with Crippen LogP contribution < -0.4 is 5.32 Å². The summed E-state index contributed by atoms with van der Waals surface area (Å²) in [6.07, 6.45) is -8.41. The molecule has 0 atom stereocenters. The summed E-state index contributed by atoms with van der Waals surface area (Å²) in [6, 6.07) is 11.5. The van der Waals surface area contributed by atoms with Crippen LogP contribution in [0.15, 0.2) is 60.8 Å². The van der Waals surface area contributed by atoms with Crippen molar-refractivity contribution < 1.29 is 26.3 Å². The third-order valence-corrected chi connectivity index (χ3v) is 4.72. The zero-order valence-electron chi connectivity index (χ0n) is 15.8. The van der Waals surface area contributed by atoms with Crippen molar-refractivity contribution >= 4 is 34.1 Å². The van der Waals surface area contributed by atoms with E-state index in [0.29, 0.717) is 11.6 Å². The molecule has 0 saturated heterocycles. The molecule has 1 N–H and O–H groups in total. The first-order chi connectivity index (χ1) is 15.0. The van der Waals surface area contributed by atoms with E-state index in [1.807, 2.05) is 0 Å². The van der Waals surface area contributed by atoms with Crippen LogP contribution in [0.5, 0.6) is 0 Å². The topological polar surface area (TPSA) is 50.7 Å². The third kappa shape index (κ3) is 4.45. The zero-order valence-corrected chi connectivity index (χ0v) is 16.5. The second-order valence-electron chi connectivity index (χ2n) is 6.67. The largest absolute Gasteiger partial charge is 0.417 e. The molecule has 4 nitrogen and oxygen atoms in total. The van der Waals surface area contributed by atoms with Gasteiger partial charge in [-0.25, -0.2) is 9.97 Å². The summed E-state index contributed by atoms with van der Waals surface area (Å²) in [7, 11) is 0. The summed E-state index contributed by atoms with van der Waals surface area (Å²) in [6.45, 7) is 0. The van der Waals surface area contributed by atoms with Gasteiger partial charge in [0.2, 0.25) is 5.28 Å². The molecule has 0 aliphatic heterocycles. The van der Waals surface area contributed by atoms with Crippen molar-refractivity contribution in [2.75, 3.05) is 5.32 Å². The van der Waals surface area contributed by atoms with E-state index in [1.165, 1.54) is 36.4 Å². The van der Waals surface area contributed by atoms with Gasteiger partial charge in [0, 0.05) is 11.6 Å². The van der Waals surface area contributed by atoms with Gasteiger partial charge in [-0.3, -0.25) is 0 Å². The van der Waals surface area contributed by atoms with Crippen molar-refractivity contribution in [1.82, 2.24) is 15.0 Å². The maximum absolute atomic E-state index is 13.4. The Balaban J connectivity index is 1.75. The van der Waals surface area contributed by atoms with E-state index in [2.05, 4.69) is 20.3 Å². The lowest BCUT2D eigenvalue weighted by Crippen LogP contribution is -2.07. The third-order valence-electron chi connectivity index (χ3n) is 4.55. The minimum Gasteiger partial charge on any atom is -0.324 e.